The smallest absolute Gasteiger partial charge is 0.391 e. The fraction of sp³-hybridized carbons (Fsp3) is 0.636. The van der Waals surface area contributed by atoms with Crippen LogP contribution in [0.15, 0.2) is 16.7 Å². The molecule has 0 saturated heterocycles. The van der Waals surface area contributed by atoms with Crippen molar-refractivity contribution in [2.75, 3.05) is 13.2 Å². The average molecular weight is 251 g/mol. The van der Waals surface area contributed by atoms with Gasteiger partial charge < -0.3 is 14.5 Å². The van der Waals surface area contributed by atoms with Crippen LogP contribution in [-0.2, 0) is 17.9 Å². The van der Waals surface area contributed by atoms with Gasteiger partial charge in [0.2, 0.25) is 0 Å². The van der Waals surface area contributed by atoms with E-state index in [0.717, 1.165) is 12.1 Å². The first kappa shape index (κ1) is 14.1. The highest BCUT2D eigenvalue weighted by Crippen LogP contribution is 2.19. The molecule has 1 N–H and O–H groups in total. The van der Waals surface area contributed by atoms with Gasteiger partial charge in [0.1, 0.15) is 5.76 Å². The van der Waals surface area contributed by atoms with Gasteiger partial charge in [0.15, 0.2) is 0 Å². The number of hydrogen-bond acceptors (Lipinski definition) is 3. The maximum Gasteiger partial charge on any atom is 0.391 e. The van der Waals surface area contributed by atoms with E-state index in [1.807, 2.05) is 6.92 Å². The minimum atomic E-state index is -4.16. The lowest BCUT2D eigenvalue weighted by Crippen LogP contribution is -2.13. The summed E-state index contributed by atoms with van der Waals surface area (Å²) < 4.78 is 45.7. The summed E-state index contributed by atoms with van der Waals surface area (Å²) in [6.07, 6.45) is -3.58. The Labute approximate surface area is 97.9 Å². The minimum absolute atomic E-state index is 0.146. The lowest BCUT2D eigenvalue weighted by atomic mass is 10.2. The molecule has 1 aromatic heterocycles. The Morgan fingerprint density at radius 1 is 1.41 bits per heavy atom. The van der Waals surface area contributed by atoms with Gasteiger partial charge >= 0.3 is 6.18 Å². The van der Waals surface area contributed by atoms with Gasteiger partial charge in [-0.05, 0) is 12.6 Å². The lowest BCUT2D eigenvalue weighted by Gasteiger charge is -2.07. The SMILES string of the molecule is CCNCc1occc1COCCC(F)(F)F. The molecule has 0 amide bonds. The van der Waals surface area contributed by atoms with Crippen LogP contribution in [0.2, 0.25) is 0 Å². The zero-order valence-corrected chi connectivity index (χ0v) is 9.64. The van der Waals surface area contributed by atoms with Crippen LogP contribution in [0.1, 0.15) is 24.7 Å². The molecule has 0 radical (unpaired) electrons. The van der Waals surface area contributed by atoms with Gasteiger partial charge in [0.25, 0.3) is 0 Å². The standard InChI is InChI=1S/C11H16F3NO2/c1-2-15-7-10-9(3-5-17-10)8-16-6-4-11(12,13)14/h3,5,15H,2,4,6-8H2,1H3. The van der Waals surface area contributed by atoms with Crippen LogP contribution >= 0.6 is 0 Å². The molecule has 0 saturated carbocycles. The van der Waals surface area contributed by atoms with Gasteiger partial charge in [-0.2, -0.15) is 13.2 Å². The molecule has 0 aliphatic carbocycles. The summed E-state index contributed by atoms with van der Waals surface area (Å²) in [7, 11) is 0. The van der Waals surface area contributed by atoms with E-state index in [2.05, 4.69) is 5.32 Å². The maximum atomic E-state index is 11.9. The number of nitrogens with one attached hydrogen (secondary N) is 1. The molecule has 1 heterocycles. The Bertz CT molecular complexity index is 323. The molecule has 3 nitrogen and oxygen atoms in total. The number of rotatable bonds is 7. The Morgan fingerprint density at radius 3 is 2.82 bits per heavy atom. The van der Waals surface area contributed by atoms with E-state index in [-0.39, 0.29) is 13.2 Å². The van der Waals surface area contributed by atoms with E-state index >= 15 is 0 Å². The van der Waals surface area contributed by atoms with Crippen molar-refractivity contribution in [3.05, 3.63) is 23.7 Å². The van der Waals surface area contributed by atoms with Crippen molar-refractivity contribution < 1.29 is 22.3 Å². The van der Waals surface area contributed by atoms with Crippen molar-refractivity contribution in [3.8, 4) is 0 Å². The molecule has 0 unspecified atom stereocenters. The fourth-order valence-electron chi connectivity index (χ4n) is 1.26. The molecule has 1 aromatic rings. The highest BCUT2D eigenvalue weighted by molar-refractivity contribution is 5.15. The molecule has 6 heteroatoms. The van der Waals surface area contributed by atoms with E-state index < -0.39 is 12.6 Å². The molecule has 98 valence electrons. The molecular weight excluding hydrogens is 235 g/mol. The molecule has 0 fully saturated rings. The lowest BCUT2D eigenvalue weighted by molar-refractivity contribution is -0.146. The van der Waals surface area contributed by atoms with Gasteiger partial charge in [0, 0.05) is 5.56 Å². The number of halogens is 3. The number of ether oxygens (including phenoxy) is 1. The van der Waals surface area contributed by atoms with Crippen molar-refractivity contribution in [2.24, 2.45) is 0 Å². The monoisotopic (exact) mass is 251 g/mol. The van der Waals surface area contributed by atoms with Gasteiger partial charge in [-0.1, -0.05) is 6.92 Å². The third kappa shape index (κ3) is 5.74. The van der Waals surface area contributed by atoms with Gasteiger partial charge in [-0.3, -0.25) is 0 Å². The van der Waals surface area contributed by atoms with Gasteiger partial charge in [-0.15, -0.1) is 0 Å². The first-order valence-electron chi connectivity index (χ1n) is 5.43. The fourth-order valence-corrected chi connectivity index (χ4v) is 1.26. The summed E-state index contributed by atoms with van der Waals surface area (Å²) in [5.74, 6) is 0.707. The normalized spacial score (nSPS) is 12.0. The van der Waals surface area contributed by atoms with Crippen LogP contribution in [0, 0.1) is 0 Å². The Hall–Kier alpha value is -1.01. The van der Waals surface area contributed by atoms with Crippen molar-refractivity contribution >= 4 is 0 Å². The molecule has 0 aliphatic heterocycles. The number of furan rings is 1. The van der Waals surface area contributed by atoms with Crippen molar-refractivity contribution in [3.63, 3.8) is 0 Å². The van der Waals surface area contributed by atoms with Crippen LogP contribution in [0.25, 0.3) is 0 Å². The highest BCUT2D eigenvalue weighted by atomic mass is 19.4. The second kappa shape index (κ2) is 6.66. The molecule has 1 rings (SSSR count). The van der Waals surface area contributed by atoms with Crippen LogP contribution in [0.5, 0.6) is 0 Å². The van der Waals surface area contributed by atoms with Crippen LogP contribution in [0.4, 0.5) is 13.2 Å². The van der Waals surface area contributed by atoms with Gasteiger partial charge in [-0.25, -0.2) is 0 Å². The topological polar surface area (TPSA) is 34.4 Å². The summed E-state index contributed by atoms with van der Waals surface area (Å²) in [5, 5.41) is 3.08. The number of hydrogen-bond donors (Lipinski definition) is 1. The zero-order chi connectivity index (χ0) is 12.7. The molecule has 0 aromatic carbocycles. The van der Waals surface area contributed by atoms with Crippen LogP contribution < -0.4 is 5.32 Å². The van der Waals surface area contributed by atoms with E-state index in [1.54, 1.807) is 6.07 Å². The molecule has 17 heavy (non-hydrogen) atoms. The minimum Gasteiger partial charge on any atom is -0.468 e. The van der Waals surface area contributed by atoms with E-state index in [4.69, 9.17) is 9.15 Å². The third-order valence-electron chi connectivity index (χ3n) is 2.16. The molecule has 0 spiro atoms. The first-order chi connectivity index (χ1) is 8.03. The molecule has 0 bridgehead atoms. The van der Waals surface area contributed by atoms with E-state index in [9.17, 15) is 13.2 Å². The largest absolute Gasteiger partial charge is 0.468 e. The number of alkyl halides is 3. The summed E-state index contributed by atoms with van der Waals surface area (Å²) >= 11 is 0. The summed E-state index contributed by atoms with van der Waals surface area (Å²) in [4.78, 5) is 0. The Balaban J connectivity index is 2.29. The zero-order valence-electron chi connectivity index (χ0n) is 9.64. The van der Waals surface area contributed by atoms with Crippen molar-refractivity contribution in [2.45, 2.75) is 32.7 Å². The third-order valence-corrected chi connectivity index (χ3v) is 2.16. The highest BCUT2D eigenvalue weighted by Gasteiger charge is 2.26. The van der Waals surface area contributed by atoms with Crippen molar-refractivity contribution in [1.82, 2.24) is 5.32 Å². The predicted octanol–water partition coefficient (Wildman–Crippen LogP) is 2.86. The summed E-state index contributed by atoms with van der Waals surface area (Å²) in [6, 6.07) is 1.71. The van der Waals surface area contributed by atoms with Gasteiger partial charge in [0.05, 0.1) is 32.4 Å². The van der Waals surface area contributed by atoms with Crippen LogP contribution in [-0.4, -0.2) is 19.3 Å². The second-order valence-electron chi connectivity index (χ2n) is 3.57. The maximum absolute atomic E-state index is 11.9. The van der Waals surface area contributed by atoms with Crippen LogP contribution in [0.3, 0.4) is 0 Å². The predicted molar refractivity (Wildman–Crippen MR) is 56.4 cm³/mol. The quantitative estimate of drug-likeness (QED) is 0.757. The average Bonchev–Trinajstić information content (AvgIpc) is 2.67. The summed E-state index contributed by atoms with van der Waals surface area (Å²) in [6.45, 7) is 3.14. The molecular formula is C11H16F3NO2. The summed E-state index contributed by atoms with van der Waals surface area (Å²) in [5.41, 5.74) is 0.785. The van der Waals surface area contributed by atoms with E-state index in [1.165, 1.54) is 6.26 Å². The Kier molecular flexibility index (Phi) is 5.50. The molecule has 0 aliphatic rings. The second-order valence-corrected chi connectivity index (χ2v) is 3.57. The Morgan fingerprint density at radius 2 is 2.18 bits per heavy atom. The van der Waals surface area contributed by atoms with E-state index in [0.29, 0.717) is 12.3 Å². The van der Waals surface area contributed by atoms with Crippen molar-refractivity contribution in [1.29, 1.82) is 0 Å². The molecule has 0 atom stereocenters. The first-order valence-corrected chi connectivity index (χ1v) is 5.43.